The number of aryl methyl sites for hydroxylation is 1. The maximum absolute atomic E-state index is 14.7. The van der Waals surface area contributed by atoms with Gasteiger partial charge in [-0.2, -0.15) is 0 Å². The van der Waals surface area contributed by atoms with Gasteiger partial charge in [0, 0.05) is 25.1 Å². The molecule has 4 rings (SSSR count). The lowest BCUT2D eigenvalue weighted by Crippen LogP contribution is -2.27. The molecule has 2 aliphatic heterocycles. The molecular weight excluding hydrogens is 393 g/mol. The molecular formula is C26H26FNO3. The van der Waals surface area contributed by atoms with Gasteiger partial charge in [-0.25, -0.2) is 4.39 Å². The third-order valence-electron chi connectivity index (χ3n) is 5.74. The number of hydrogen-bond donors (Lipinski definition) is 1. The van der Waals surface area contributed by atoms with E-state index in [0.29, 0.717) is 43.0 Å². The fourth-order valence-corrected chi connectivity index (χ4v) is 4.09. The summed E-state index contributed by atoms with van der Waals surface area (Å²) in [5.41, 5.74) is 3.33. The minimum atomic E-state index is -0.749. The van der Waals surface area contributed by atoms with Gasteiger partial charge in [-0.15, -0.1) is 0 Å². The summed E-state index contributed by atoms with van der Waals surface area (Å²) in [7, 11) is 0. The van der Waals surface area contributed by atoms with E-state index in [1.165, 1.54) is 11.6 Å². The van der Waals surface area contributed by atoms with Gasteiger partial charge in [0.05, 0.1) is 11.5 Å². The van der Waals surface area contributed by atoms with E-state index in [2.05, 4.69) is 28.9 Å². The Labute approximate surface area is 182 Å². The molecule has 2 aromatic carbocycles. The quantitative estimate of drug-likeness (QED) is 0.558. The first kappa shape index (κ1) is 21.1. The molecule has 2 aliphatic rings. The van der Waals surface area contributed by atoms with Crippen molar-refractivity contribution < 1.29 is 19.0 Å². The highest BCUT2D eigenvalue weighted by atomic mass is 19.1. The number of nitrogens with zero attached hydrogens (tertiary/aromatic N) is 1. The molecule has 1 N–H and O–H groups in total. The zero-order chi connectivity index (χ0) is 21.6. The van der Waals surface area contributed by atoms with Gasteiger partial charge in [0.25, 0.3) is 0 Å². The fraction of sp³-hybridized carbons (Fsp3) is 0.346. The van der Waals surface area contributed by atoms with Crippen LogP contribution in [0.2, 0.25) is 0 Å². The van der Waals surface area contributed by atoms with Crippen molar-refractivity contribution >= 4 is 12.0 Å². The van der Waals surface area contributed by atoms with Gasteiger partial charge < -0.3 is 9.84 Å². The van der Waals surface area contributed by atoms with Gasteiger partial charge in [-0.3, -0.25) is 9.69 Å². The van der Waals surface area contributed by atoms with Crippen LogP contribution in [0.15, 0.2) is 48.0 Å². The van der Waals surface area contributed by atoms with E-state index in [4.69, 9.17) is 9.84 Å². The van der Waals surface area contributed by atoms with E-state index in [1.807, 2.05) is 24.3 Å². The van der Waals surface area contributed by atoms with Crippen molar-refractivity contribution in [2.45, 2.75) is 25.7 Å². The highest BCUT2D eigenvalue weighted by Gasteiger charge is 2.29. The first-order valence-electron chi connectivity index (χ1n) is 10.7. The summed E-state index contributed by atoms with van der Waals surface area (Å²) in [4.78, 5) is 13.2. The highest BCUT2D eigenvalue weighted by molar-refractivity contribution is 5.70. The summed E-state index contributed by atoms with van der Waals surface area (Å²) in [5.74, 6) is 5.30. The van der Waals surface area contributed by atoms with Crippen LogP contribution < -0.4 is 4.74 Å². The minimum absolute atomic E-state index is 0.317. The highest BCUT2D eigenvalue weighted by Crippen LogP contribution is 2.31. The maximum Gasteiger partial charge on any atom is 0.307 e. The lowest BCUT2D eigenvalue weighted by Gasteiger charge is -2.22. The number of likely N-dealkylation sites (tertiary alicyclic amines) is 1. The minimum Gasteiger partial charge on any atom is -0.488 e. The van der Waals surface area contributed by atoms with Crippen LogP contribution in [0.4, 0.5) is 4.39 Å². The van der Waals surface area contributed by atoms with Crippen molar-refractivity contribution in [3.63, 3.8) is 0 Å². The van der Waals surface area contributed by atoms with Gasteiger partial charge in [-0.1, -0.05) is 42.2 Å². The molecule has 1 unspecified atom stereocenters. The van der Waals surface area contributed by atoms with Crippen LogP contribution in [-0.4, -0.2) is 42.2 Å². The van der Waals surface area contributed by atoms with Crippen molar-refractivity contribution in [1.82, 2.24) is 4.90 Å². The summed E-state index contributed by atoms with van der Waals surface area (Å²) in [6, 6.07) is 13.6. The number of unbranched alkanes of at least 4 members (excludes halogenated alkanes) is 1. The van der Waals surface area contributed by atoms with Crippen LogP contribution in [0.1, 0.15) is 36.0 Å². The number of halogens is 1. The average Bonchev–Trinajstić information content (AvgIpc) is 3.24. The number of carboxylic acid groups (broad SMARTS) is 1. The smallest absolute Gasteiger partial charge is 0.307 e. The Bertz CT molecular complexity index is 1040. The second-order valence-electron chi connectivity index (χ2n) is 8.16. The van der Waals surface area contributed by atoms with Crippen LogP contribution in [0.25, 0.3) is 6.08 Å². The van der Waals surface area contributed by atoms with Crippen LogP contribution in [0, 0.1) is 23.6 Å². The standard InChI is InChI=1S/C26H26FNO3/c27-24-14-20(10-6-2-5-9-19-7-3-1-4-8-19)15-25-23(24)13-21(18-31-25)16-28-12-11-22(17-28)26(29)30/h1,3-4,7-8,13-15,22H,2,5,9,11-12,16-18H2,(H,29,30). The second-order valence-corrected chi connectivity index (χ2v) is 8.16. The van der Waals surface area contributed by atoms with Gasteiger partial charge in [0.2, 0.25) is 0 Å². The van der Waals surface area contributed by atoms with Gasteiger partial charge >= 0.3 is 5.97 Å². The lowest BCUT2D eigenvalue weighted by molar-refractivity contribution is -0.141. The van der Waals surface area contributed by atoms with Crippen molar-refractivity contribution in [3.8, 4) is 17.6 Å². The van der Waals surface area contributed by atoms with E-state index in [9.17, 15) is 9.18 Å². The molecule has 31 heavy (non-hydrogen) atoms. The molecule has 0 bridgehead atoms. The van der Waals surface area contributed by atoms with E-state index < -0.39 is 5.97 Å². The molecule has 2 aromatic rings. The van der Waals surface area contributed by atoms with E-state index >= 15 is 0 Å². The average molecular weight is 419 g/mol. The Morgan fingerprint density at radius 1 is 1.26 bits per heavy atom. The van der Waals surface area contributed by atoms with E-state index in [-0.39, 0.29) is 11.7 Å². The van der Waals surface area contributed by atoms with Crippen LogP contribution >= 0.6 is 0 Å². The molecule has 1 atom stereocenters. The number of carbonyl (C=O) groups is 1. The zero-order valence-corrected chi connectivity index (χ0v) is 17.4. The second kappa shape index (κ2) is 9.80. The number of rotatable bonds is 6. The molecule has 0 amide bonds. The van der Waals surface area contributed by atoms with Gasteiger partial charge in [0.1, 0.15) is 18.2 Å². The largest absolute Gasteiger partial charge is 0.488 e. The summed E-state index contributed by atoms with van der Waals surface area (Å²) in [5, 5.41) is 9.15. The molecule has 2 heterocycles. The summed E-state index contributed by atoms with van der Waals surface area (Å²) in [6.45, 7) is 2.25. The SMILES string of the molecule is O=C(O)C1CCN(CC2=Cc3c(F)cc(C#CCCCc4ccccc4)cc3OC2)C1. The predicted octanol–water partition coefficient (Wildman–Crippen LogP) is 4.38. The lowest BCUT2D eigenvalue weighted by atomic mass is 10.0. The zero-order valence-electron chi connectivity index (χ0n) is 17.4. The Morgan fingerprint density at radius 3 is 2.87 bits per heavy atom. The van der Waals surface area contributed by atoms with Crippen LogP contribution in [0.3, 0.4) is 0 Å². The third-order valence-corrected chi connectivity index (χ3v) is 5.74. The van der Waals surface area contributed by atoms with E-state index in [1.54, 1.807) is 6.07 Å². The number of hydrogen-bond acceptors (Lipinski definition) is 3. The first-order chi connectivity index (χ1) is 15.1. The molecule has 160 valence electrons. The molecule has 0 radical (unpaired) electrons. The third kappa shape index (κ3) is 5.53. The summed E-state index contributed by atoms with van der Waals surface area (Å²) < 4.78 is 20.5. The van der Waals surface area contributed by atoms with Gasteiger partial charge in [0.15, 0.2) is 0 Å². The monoisotopic (exact) mass is 419 g/mol. The molecule has 0 saturated carbocycles. The van der Waals surface area contributed by atoms with E-state index in [0.717, 1.165) is 31.4 Å². The molecule has 5 heteroatoms. The summed E-state index contributed by atoms with van der Waals surface area (Å²) >= 11 is 0. The van der Waals surface area contributed by atoms with Crippen LogP contribution in [0.5, 0.6) is 5.75 Å². The number of aliphatic carboxylic acids is 1. The molecule has 4 nitrogen and oxygen atoms in total. The Morgan fingerprint density at radius 2 is 2.10 bits per heavy atom. The number of carboxylic acids is 1. The van der Waals surface area contributed by atoms with Crippen molar-refractivity contribution in [2.24, 2.45) is 5.92 Å². The number of benzene rings is 2. The number of fused-ring (bicyclic) bond motifs is 1. The van der Waals surface area contributed by atoms with Crippen molar-refractivity contribution in [3.05, 3.63) is 70.5 Å². The van der Waals surface area contributed by atoms with Crippen molar-refractivity contribution in [2.75, 3.05) is 26.2 Å². The molecule has 0 aliphatic carbocycles. The summed E-state index contributed by atoms with van der Waals surface area (Å²) in [6.07, 6.45) is 5.19. The molecule has 1 saturated heterocycles. The molecule has 0 spiro atoms. The topological polar surface area (TPSA) is 49.8 Å². The van der Waals surface area contributed by atoms with Gasteiger partial charge in [-0.05, 0) is 55.2 Å². The predicted molar refractivity (Wildman–Crippen MR) is 118 cm³/mol. The molecule has 0 aromatic heterocycles. The Hall–Kier alpha value is -3.10. The first-order valence-corrected chi connectivity index (χ1v) is 10.7. The van der Waals surface area contributed by atoms with Crippen molar-refractivity contribution in [1.29, 1.82) is 0 Å². The fourth-order valence-electron chi connectivity index (χ4n) is 4.09. The Kier molecular flexibility index (Phi) is 6.69. The maximum atomic E-state index is 14.7. The normalized spacial score (nSPS) is 17.8. The number of ether oxygens (including phenoxy) is 1. The Balaban J connectivity index is 1.35. The molecule has 1 fully saturated rings. The van der Waals surface area contributed by atoms with Crippen LogP contribution in [-0.2, 0) is 11.2 Å².